The minimum atomic E-state index is 1.22. The van der Waals surface area contributed by atoms with Gasteiger partial charge in [-0.15, -0.1) is 11.3 Å². The molecule has 0 aliphatic carbocycles. The SMILES string of the molecule is c1ccc(-c2ccc(-c3c(-c4cccc(-c5c6ccccc6c(-c6ccc7ccccc7c6)c6ccccc56)c4)ccc4ccccc34)s2)cc1. The number of hydrogen-bond donors (Lipinski definition) is 0. The minimum Gasteiger partial charge on any atom is -0.135 e. The molecular formula is C50H32S. The van der Waals surface area contributed by atoms with Gasteiger partial charge in [0.05, 0.1) is 0 Å². The molecule has 0 radical (unpaired) electrons. The first-order chi connectivity index (χ1) is 25.3. The molecule has 1 heteroatoms. The molecule has 0 N–H and O–H groups in total. The maximum absolute atomic E-state index is 2.41. The molecule has 0 nitrogen and oxygen atoms in total. The Hall–Kier alpha value is -6.28. The summed E-state index contributed by atoms with van der Waals surface area (Å²) in [4.78, 5) is 2.56. The molecule has 0 saturated carbocycles. The molecule has 0 aliphatic rings. The molecule has 1 aromatic heterocycles. The Morgan fingerprint density at radius 2 is 0.765 bits per heavy atom. The maximum Gasteiger partial charge on any atom is 0.0361 e. The van der Waals surface area contributed by atoms with Crippen molar-refractivity contribution in [3.63, 3.8) is 0 Å². The topological polar surface area (TPSA) is 0 Å². The van der Waals surface area contributed by atoms with E-state index in [1.807, 2.05) is 11.3 Å². The van der Waals surface area contributed by atoms with Crippen LogP contribution in [0.1, 0.15) is 0 Å². The van der Waals surface area contributed by atoms with Crippen LogP contribution in [0.3, 0.4) is 0 Å². The van der Waals surface area contributed by atoms with Crippen molar-refractivity contribution in [3.8, 4) is 54.3 Å². The normalized spacial score (nSPS) is 11.5. The summed E-state index contributed by atoms with van der Waals surface area (Å²) >= 11 is 1.87. The van der Waals surface area contributed by atoms with E-state index in [2.05, 4.69) is 194 Å². The molecule has 0 amide bonds. The van der Waals surface area contributed by atoms with E-state index < -0.39 is 0 Å². The molecule has 0 aliphatic heterocycles. The van der Waals surface area contributed by atoms with Crippen molar-refractivity contribution in [1.82, 2.24) is 0 Å². The Kier molecular flexibility index (Phi) is 7.11. The van der Waals surface area contributed by atoms with Crippen molar-refractivity contribution in [3.05, 3.63) is 194 Å². The first-order valence-electron chi connectivity index (χ1n) is 17.5. The quantitative estimate of drug-likeness (QED) is 0.161. The molecule has 10 aromatic rings. The minimum absolute atomic E-state index is 1.22. The second-order valence-corrected chi connectivity index (χ2v) is 14.3. The van der Waals surface area contributed by atoms with Crippen LogP contribution < -0.4 is 0 Å². The van der Waals surface area contributed by atoms with Gasteiger partial charge in [0.25, 0.3) is 0 Å². The van der Waals surface area contributed by atoms with E-state index in [-0.39, 0.29) is 0 Å². The summed E-state index contributed by atoms with van der Waals surface area (Å²) in [7, 11) is 0. The molecule has 10 rings (SSSR count). The van der Waals surface area contributed by atoms with Gasteiger partial charge >= 0.3 is 0 Å². The largest absolute Gasteiger partial charge is 0.135 e. The zero-order valence-electron chi connectivity index (χ0n) is 27.9. The van der Waals surface area contributed by atoms with Crippen LogP contribution in [0.25, 0.3) is 97.4 Å². The van der Waals surface area contributed by atoms with Crippen LogP contribution in [0.4, 0.5) is 0 Å². The predicted octanol–water partition coefficient (Wildman–Crippen LogP) is 14.7. The summed E-state index contributed by atoms with van der Waals surface area (Å²) < 4.78 is 0. The smallest absolute Gasteiger partial charge is 0.0361 e. The van der Waals surface area contributed by atoms with Crippen LogP contribution in [-0.2, 0) is 0 Å². The van der Waals surface area contributed by atoms with Gasteiger partial charge < -0.3 is 0 Å². The van der Waals surface area contributed by atoms with Crippen molar-refractivity contribution in [2.24, 2.45) is 0 Å². The third-order valence-corrected chi connectivity index (χ3v) is 11.4. The van der Waals surface area contributed by atoms with Crippen LogP contribution in [0, 0.1) is 0 Å². The molecule has 0 fully saturated rings. The van der Waals surface area contributed by atoms with Gasteiger partial charge in [-0.2, -0.15) is 0 Å². The van der Waals surface area contributed by atoms with Gasteiger partial charge in [-0.05, 0) is 106 Å². The Morgan fingerprint density at radius 1 is 0.255 bits per heavy atom. The molecule has 0 atom stereocenters. The lowest BCUT2D eigenvalue weighted by molar-refractivity contribution is 1.62. The van der Waals surface area contributed by atoms with E-state index in [9.17, 15) is 0 Å². The van der Waals surface area contributed by atoms with Gasteiger partial charge in [0.1, 0.15) is 0 Å². The molecule has 0 unspecified atom stereocenters. The number of hydrogen-bond acceptors (Lipinski definition) is 1. The van der Waals surface area contributed by atoms with Gasteiger partial charge in [0.2, 0.25) is 0 Å². The zero-order chi connectivity index (χ0) is 33.7. The molecule has 51 heavy (non-hydrogen) atoms. The average molecular weight is 665 g/mol. The second kappa shape index (κ2) is 12.2. The van der Waals surface area contributed by atoms with Crippen molar-refractivity contribution >= 4 is 54.4 Å². The highest BCUT2D eigenvalue weighted by molar-refractivity contribution is 7.19. The van der Waals surface area contributed by atoms with Gasteiger partial charge in [0.15, 0.2) is 0 Å². The average Bonchev–Trinajstić information content (AvgIpc) is 3.70. The lowest BCUT2D eigenvalue weighted by Gasteiger charge is -2.19. The highest BCUT2D eigenvalue weighted by Gasteiger charge is 2.19. The fraction of sp³-hybridized carbons (Fsp3) is 0. The predicted molar refractivity (Wildman–Crippen MR) is 222 cm³/mol. The Bertz CT molecular complexity index is 2850. The van der Waals surface area contributed by atoms with Crippen molar-refractivity contribution in [2.45, 2.75) is 0 Å². The number of rotatable bonds is 5. The summed E-state index contributed by atoms with van der Waals surface area (Å²) in [6.45, 7) is 0. The van der Waals surface area contributed by atoms with Crippen molar-refractivity contribution < 1.29 is 0 Å². The highest BCUT2D eigenvalue weighted by Crippen LogP contribution is 2.47. The molecule has 9 aromatic carbocycles. The van der Waals surface area contributed by atoms with Crippen LogP contribution in [0.5, 0.6) is 0 Å². The highest BCUT2D eigenvalue weighted by atomic mass is 32.1. The van der Waals surface area contributed by atoms with E-state index >= 15 is 0 Å². The summed E-state index contributed by atoms with van der Waals surface area (Å²) in [6.07, 6.45) is 0. The summed E-state index contributed by atoms with van der Waals surface area (Å²) in [5.41, 5.74) is 10.0. The Labute approximate surface area is 301 Å². The number of thiophene rings is 1. The standard InChI is InChI=1S/C50H32S/c1-2-15-35(16-3-1)46-29-30-47(51-46)50-40-20-7-6-14-34(40)27-28-41(50)37-18-12-19-38(32-37)48-42-21-8-10-23-44(42)49(45-24-11-9-22-43(45)48)39-26-25-33-13-4-5-17-36(33)31-39/h1-32H. The summed E-state index contributed by atoms with van der Waals surface area (Å²) in [6, 6.07) is 71.3. The monoisotopic (exact) mass is 664 g/mol. The fourth-order valence-corrected chi connectivity index (χ4v) is 9.03. The molecule has 238 valence electrons. The van der Waals surface area contributed by atoms with E-state index in [4.69, 9.17) is 0 Å². The van der Waals surface area contributed by atoms with Gasteiger partial charge in [-0.1, -0.05) is 170 Å². The van der Waals surface area contributed by atoms with Gasteiger partial charge in [-0.3, -0.25) is 0 Å². The molecule has 1 heterocycles. The van der Waals surface area contributed by atoms with Gasteiger partial charge in [-0.25, -0.2) is 0 Å². The molecule has 0 saturated heterocycles. The van der Waals surface area contributed by atoms with Crippen LogP contribution >= 0.6 is 11.3 Å². The Morgan fingerprint density at radius 3 is 1.47 bits per heavy atom. The van der Waals surface area contributed by atoms with Crippen molar-refractivity contribution in [2.75, 3.05) is 0 Å². The third kappa shape index (κ3) is 5.05. The number of fused-ring (bicyclic) bond motifs is 4. The first kappa shape index (κ1) is 29.6. The van der Waals surface area contributed by atoms with E-state index in [1.165, 1.54) is 97.4 Å². The van der Waals surface area contributed by atoms with Gasteiger partial charge in [0, 0.05) is 15.3 Å². The van der Waals surface area contributed by atoms with E-state index in [0.29, 0.717) is 0 Å². The third-order valence-electron chi connectivity index (χ3n) is 10.3. The number of benzene rings is 9. The summed E-state index contributed by atoms with van der Waals surface area (Å²) in [5.74, 6) is 0. The zero-order valence-corrected chi connectivity index (χ0v) is 28.7. The fourth-order valence-electron chi connectivity index (χ4n) is 7.94. The van der Waals surface area contributed by atoms with Crippen LogP contribution in [0.15, 0.2) is 194 Å². The van der Waals surface area contributed by atoms with Crippen molar-refractivity contribution in [1.29, 1.82) is 0 Å². The lowest BCUT2D eigenvalue weighted by Crippen LogP contribution is -1.92. The second-order valence-electron chi connectivity index (χ2n) is 13.2. The molecule has 0 bridgehead atoms. The van der Waals surface area contributed by atoms with E-state index in [0.717, 1.165) is 0 Å². The molecule has 0 spiro atoms. The molecular weight excluding hydrogens is 633 g/mol. The van der Waals surface area contributed by atoms with E-state index in [1.54, 1.807) is 0 Å². The van der Waals surface area contributed by atoms with Crippen LogP contribution in [0.2, 0.25) is 0 Å². The first-order valence-corrected chi connectivity index (χ1v) is 18.3. The summed E-state index contributed by atoms with van der Waals surface area (Å²) in [5, 5.41) is 10.1. The maximum atomic E-state index is 2.41. The lowest BCUT2D eigenvalue weighted by atomic mass is 9.84. The Balaban J connectivity index is 1.19. The van der Waals surface area contributed by atoms with Crippen LogP contribution in [-0.4, -0.2) is 0 Å².